The van der Waals surface area contributed by atoms with Crippen molar-refractivity contribution in [2.75, 3.05) is 23.8 Å². The number of hydrogen-bond donors (Lipinski definition) is 2. The van der Waals surface area contributed by atoms with Crippen molar-refractivity contribution in [1.82, 2.24) is 0 Å². The molecule has 0 spiro atoms. The monoisotopic (exact) mass is 338 g/mol. The molecule has 2 N–H and O–H groups in total. The van der Waals surface area contributed by atoms with Gasteiger partial charge in [-0.05, 0) is 56.5 Å². The number of carbonyl (C=O) groups is 1. The molecule has 0 atom stereocenters. The minimum atomic E-state index is -0.0928. The molecule has 4 nitrogen and oxygen atoms in total. The van der Waals surface area contributed by atoms with Gasteiger partial charge in [-0.2, -0.15) is 0 Å². The van der Waals surface area contributed by atoms with E-state index in [1.54, 1.807) is 0 Å². The Morgan fingerprint density at radius 1 is 1.12 bits per heavy atom. The van der Waals surface area contributed by atoms with E-state index in [1.165, 1.54) is 5.56 Å². The summed E-state index contributed by atoms with van der Waals surface area (Å²) < 4.78 is 5.71. The highest BCUT2D eigenvalue weighted by molar-refractivity contribution is 5.95. The molecule has 2 aromatic rings. The SMILES string of the molecule is C=C(C)COc1ccccc1NCC(=O)Nc1c(C)cc(C)cc1C. The molecule has 0 radical (unpaired) electrons. The van der Waals surface area contributed by atoms with E-state index in [0.717, 1.165) is 28.1 Å². The topological polar surface area (TPSA) is 50.4 Å². The smallest absolute Gasteiger partial charge is 0.243 e. The molecule has 2 rings (SSSR count). The van der Waals surface area contributed by atoms with Gasteiger partial charge in [0.2, 0.25) is 5.91 Å². The Morgan fingerprint density at radius 2 is 1.76 bits per heavy atom. The highest BCUT2D eigenvalue weighted by Gasteiger charge is 2.09. The normalized spacial score (nSPS) is 10.2. The Labute approximate surface area is 149 Å². The summed E-state index contributed by atoms with van der Waals surface area (Å²) in [5, 5.41) is 6.13. The Bertz CT molecular complexity index is 758. The summed E-state index contributed by atoms with van der Waals surface area (Å²) in [6.45, 7) is 12.4. The lowest BCUT2D eigenvalue weighted by Gasteiger charge is -2.15. The number of carbonyl (C=O) groups excluding carboxylic acids is 1. The lowest BCUT2D eigenvalue weighted by atomic mass is 10.1. The quantitative estimate of drug-likeness (QED) is 0.724. The van der Waals surface area contributed by atoms with Crippen LogP contribution in [0, 0.1) is 20.8 Å². The van der Waals surface area contributed by atoms with Crippen molar-refractivity contribution < 1.29 is 9.53 Å². The lowest BCUT2D eigenvalue weighted by Crippen LogP contribution is -2.23. The van der Waals surface area contributed by atoms with Crippen LogP contribution in [0.25, 0.3) is 0 Å². The van der Waals surface area contributed by atoms with E-state index < -0.39 is 0 Å². The molecule has 2 aromatic carbocycles. The molecule has 0 unspecified atom stereocenters. The van der Waals surface area contributed by atoms with E-state index >= 15 is 0 Å². The van der Waals surface area contributed by atoms with Crippen LogP contribution in [0.2, 0.25) is 0 Å². The fourth-order valence-electron chi connectivity index (χ4n) is 2.68. The zero-order valence-corrected chi connectivity index (χ0v) is 15.4. The van der Waals surface area contributed by atoms with Gasteiger partial charge in [0.05, 0.1) is 12.2 Å². The van der Waals surface area contributed by atoms with Gasteiger partial charge in [-0.1, -0.05) is 36.4 Å². The van der Waals surface area contributed by atoms with E-state index in [0.29, 0.717) is 12.4 Å². The van der Waals surface area contributed by atoms with Crippen LogP contribution in [0.1, 0.15) is 23.6 Å². The summed E-state index contributed by atoms with van der Waals surface area (Å²) in [4.78, 5) is 12.3. The average molecular weight is 338 g/mol. The van der Waals surface area contributed by atoms with Gasteiger partial charge in [-0.3, -0.25) is 4.79 Å². The highest BCUT2D eigenvalue weighted by Crippen LogP contribution is 2.24. The zero-order chi connectivity index (χ0) is 18.4. The number of ether oxygens (including phenoxy) is 1. The van der Waals surface area contributed by atoms with Gasteiger partial charge >= 0.3 is 0 Å². The maximum absolute atomic E-state index is 12.3. The third-order valence-electron chi connectivity index (χ3n) is 3.74. The van der Waals surface area contributed by atoms with Crippen LogP contribution < -0.4 is 15.4 Å². The van der Waals surface area contributed by atoms with E-state index in [4.69, 9.17) is 4.74 Å². The van der Waals surface area contributed by atoms with Gasteiger partial charge in [-0.15, -0.1) is 0 Å². The first-order chi connectivity index (χ1) is 11.9. The van der Waals surface area contributed by atoms with Crippen LogP contribution in [-0.4, -0.2) is 19.1 Å². The van der Waals surface area contributed by atoms with Crippen molar-refractivity contribution in [2.24, 2.45) is 0 Å². The van der Waals surface area contributed by atoms with Crippen LogP contribution in [0.15, 0.2) is 48.6 Å². The van der Waals surface area contributed by atoms with Gasteiger partial charge in [0.1, 0.15) is 12.4 Å². The summed E-state index contributed by atoms with van der Waals surface area (Å²) >= 11 is 0. The van der Waals surface area contributed by atoms with E-state index in [1.807, 2.05) is 45.0 Å². The number of para-hydroxylation sites is 2. The molecule has 0 aliphatic rings. The third-order valence-corrected chi connectivity index (χ3v) is 3.74. The Morgan fingerprint density at radius 3 is 2.40 bits per heavy atom. The average Bonchev–Trinajstić information content (AvgIpc) is 2.55. The second-order valence-corrected chi connectivity index (χ2v) is 6.42. The van der Waals surface area contributed by atoms with Gasteiger partial charge in [0.25, 0.3) is 0 Å². The maximum atomic E-state index is 12.3. The van der Waals surface area contributed by atoms with Gasteiger partial charge in [0, 0.05) is 5.69 Å². The standard InChI is InChI=1S/C21H26N2O2/c1-14(2)13-25-19-9-7-6-8-18(19)22-12-20(24)23-21-16(4)10-15(3)11-17(21)5/h6-11,22H,1,12-13H2,2-5H3,(H,23,24). The fraction of sp³-hybridized carbons (Fsp3) is 0.286. The van der Waals surface area contributed by atoms with Gasteiger partial charge in [0.15, 0.2) is 0 Å². The number of anilines is 2. The molecule has 0 aliphatic heterocycles. The van der Waals surface area contributed by atoms with Crippen LogP contribution in [0.5, 0.6) is 5.75 Å². The Hall–Kier alpha value is -2.75. The molecule has 0 bridgehead atoms. The van der Waals surface area contributed by atoms with E-state index in [9.17, 15) is 4.79 Å². The van der Waals surface area contributed by atoms with Crippen LogP contribution in [0.3, 0.4) is 0 Å². The second kappa shape index (κ2) is 8.38. The molecule has 132 valence electrons. The molecular formula is C21H26N2O2. The summed E-state index contributed by atoms with van der Waals surface area (Å²) in [5.74, 6) is 0.616. The molecule has 25 heavy (non-hydrogen) atoms. The zero-order valence-electron chi connectivity index (χ0n) is 15.4. The Kier molecular flexibility index (Phi) is 6.23. The van der Waals surface area contributed by atoms with Gasteiger partial charge in [-0.25, -0.2) is 0 Å². The van der Waals surface area contributed by atoms with Gasteiger partial charge < -0.3 is 15.4 Å². The number of rotatable bonds is 7. The van der Waals surface area contributed by atoms with Crippen molar-refractivity contribution in [2.45, 2.75) is 27.7 Å². The number of amides is 1. The summed E-state index contributed by atoms with van der Waals surface area (Å²) in [7, 11) is 0. The van der Waals surface area contributed by atoms with Crippen molar-refractivity contribution in [3.63, 3.8) is 0 Å². The minimum Gasteiger partial charge on any atom is -0.487 e. The fourth-order valence-corrected chi connectivity index (χ4v) is 2.68. The van der Waals surface area contributed by atoms with Crippen molar-refractivity contribution in [3.8, 4) is 5.75 Å². The van der Waals surface area contributed by atoms with Crippen LogP contribution in [-0.2, 0) is 4.79 Å². The molecule has 0 saturated heterocycles. The summed E-state index contributed by atoms with van der Waals surface area (Å²) in [5.41, 5.74) is 5.93. The largest absolute Gasteiger partial charge is 0.487 e. The molecule has 0 heterocycles. The van der Waals surface area contributed by atoms with Crippen LogP contribution >= 0.6 is 0 Å². The number of nitrogens with one attached hydrogen (secondary N) is 2. The van der Waals surface area contributed by atoms with E-state index in [2.05, 4.69) is 36.3 Å². The molecule has 0 aromatic heterocycles. The number of hydrogen-bond acceptors (Lipinski definition) is 3. The maximum Gasteiger partial charge on any atom is 0.243 e. The van der Waals surface area contributed by atoms with Crippen LogP contribution in [0.4, 0.5) is 11.4 Å². The predicted molar refractivity (Wildman–Crippen MR) is 105 cm³/mol. The highest BCUT2D eigenvalue weighted by atomic mass is 16.5. The molecular weight excluding hydrogens is 312 g/mol. The lowest BCUT2D eigenvalue weighted by molar-refractivity contribution is -0.114. The molecule has 1 amide bonds. The molecule has 0 aliphatic carbocycles. The van der Waals surface area contributed by atoms with Crippen molar-refractivity contribution in [3.05, 3.63) is 65.2 Å². The molecule has 0 saturated carbocycles. The summed E-state index contributed by atoms with van der Waals surface area (Å²) in [6, 6.07) is 11.7. The number of aryl methyl sites for hydroxylation is 3. The van der Waals surface area contributed by atoms with E-state index in [-0.39, 0.29) is 12.5 Å². The second-order valence-electron chi connectivity index (χ2n) is 6.42. The minimum absolute atomic E-state index is 0.0928. The molecule has 4 heteroatoms. The first-order valence-electron chi connectivity index (χ1n) is 8.34. The predicted octanol–water partition coefficient (Wildman–Crippen LogP) is 4.62. The first kappa shape index (κ1) is 18.6. The molecule has 0 fully saturated rings. The Balaban J connectivity index is 2.00. The first-order valence-corrected chi connectivity index (χ1v) is 8.34. The summed E-state index contributed by atoms with van der Waals surface area (Å²) in [6.07, 6.45) is 0. The third kappa shape index (κ3) is 5.38. The van der Waals surface area contributed by atoms with Crippen molar-refractivity contribution >= 4 is 17.3 Å². The van der Waals surface area contributed by atoms with Crippen molar-refractivity contribution in [1.29, 1.82) is 0 Å². The number of benzene rings is 2.